The highest BCUT2D eigenvalue weighted by atomic mass is 19.1. The molecule has 4 heteroatoms. The van der Waals surface area contributed by atoms with Crippen LogP contribution in [-0.2, 0) is 22.6 Å². The minimum atomic E-state index is -0.457. The van der Waals surface area contributed by atoms with Crippen molar-refractivity contribution >= 4 is 5.97 Å². The van der Waals surface area contributed by atoms with Crippen LogP contribution in [0.25, 0.3) is 22.3 Å². The van der Waals surface area contributed by atoms with Crippen molar-refractivity contribution < 1.29 is 19.0 Å². The van der Waals surface area contributed by atoms with Gasteiger partial charge in [-0.1, -0.05) is 66.7 Å². The average Bonchev–Trinajstić information content (AvgIpc) is 2.76. The fraction of sp³-hybridized carbons (Fsp3) is 0.192. The zero-order valence-electron chi connectivity index (χ0n) is 17.0. The molecular formula is C26H25FO3. The first-order valence-corrected chi connectivity index (χ1v) is 9.90. The first-order chi connectivity index (χ1) is 14.5. The smallest absolute Gasteiger partial charge is 0.330 e. The van der Waals surface area contributed by atoms with Crippen molar-refractivity contribution in [3.05, 3.63) is 95.8 Å². The first kappa shape index (κ1) is 21.5. The molecule has 0 fully saturated rings. The van der Waals surface area contributed by atoms with Gasteiger partial charge < -0.3 is 9.84 Å². The van der Waals surface area contributed by atoms with E-state index in [9.17, 15) is 14.3 Å². The number of halogens is 1. The Balaban J connectivity index is 1.81. The van der Waals surface area contributed by atoms with Crippen LogP contribution in [0.4, 0.5) is 4.39 Å². The molecule has 0 amide bonds. The van der Waals surface area contributed by atoms with E-state index in [0.29, 0.717) is 18.4 Å². The lowest BCUT2D eigenvalue weighted by Crippen LogP contribution is -2.04. The number of aryl methyl sites for hydroxylation is 2. The summed E-state index contributed by atoms with van der Waals surface area (Å²) in [6.07, 6.45) is 2.34. The Morgan fingerprint density at radius 2 is 1.70 bits per heavy atom. The summed E-state index contributed by atoms with van der Waals surface area (Å²) in [6.45, 7) is 5.55. The number of esters is 1. The predicted molar refractivity (Wildman–Crippen MR) is 117 cm³/mol. The van der Waals surface area contributed by atoms with Gasteiger partial charge in [0, 0.05) is 11.6 Å². The molecule has 0 heterocycles. The maximum absolute atomic E-state index is 14.9. The molecule has 3 aromatic carbocycles. The zero-order chi connectivity index (χ0) is 21.5. The lowest BCUT2D eigenvalue weighted by molar-refractivity contribution is -0.137. The summed E-state index contributed by atoms with van der Waals surface area (Å²) in [4.78, 5) is 11.1. The number of carbonyl (C=O) groups is 1. The summed E-state index contributed by atoms with van der Waals surface area (Å²) in [7, 11) is 0. The fourth-order valence-corrected chi connectivity index (χ4v) is 3.35. The van der Waals surface area contributed by atoms with E-state index >= 15 is 0 Å². The number of aliphatic hydroxyl groups is 1. The molecule has 3 rings (SSSR count). The highest BCUT2D eigenvalue weighted by Crippen LogP contribution is 2.30. The van der Waals surface area contributed by atoms with Crippen LogP contribution in [0.5, 0.6) is 0 Å². The van der Waals surface area contributed by atoms with Gasteiger partial charge in [-0.25, -0.2) is 9.18 Å². The molecule has 0 radical (unpaired) electrons. The summed E-state index contributed by atoms with van der Waals surface area (Å²) in [5.41, 5.74) is 5.90. The van der Waals surface area contributed by atoms with Crippen molar-refractivity contribution in [2.24, 2.45) is 0 Å². The normalized spacial score (nSPS) is 10.6. The number of benzene rings is 3. The SMILES string of the molecule is C=CC(=O)OCCCc1cc(-c2ccc(-c3ccc(C)cc3)cc2F)ccc1CO. The van der Waals surface area contributed by atoms with Crippen LogP contribution in [0.1, 0.15) is 23.1 Å². The van der Waals surface area contributed by atoms with Gasteiger partial charge in [0.1, 0.15) is 5.82 Å². The van der Waals surface area contributed by atoms with Gasteiger partial charge >= 0.3 is 5.97 Å². The minimum absolute atomic E-state index is 0.100. The quantitative estimate of drug-likeness (QED) is 0.301. The van der Waals surface area contributed by atoms with Crippen LogP contribution >= 0.6 is 0 Å². The molecule has 3 aromatic rings. The summed E-state index contributed by atoms with van der Waals surface area (Å²) >= 11 is 0. The Morgan fingerprint density at radius 1 is 1.00 bits per heavy atom. The predicted octanol–water partition coefficient (Wildman–Crippen LogP) is 5.62. The zero-order valence-corrected chi connectivity index (χ0v) is 17.0. The lowest BCUT2D eigenvalue weighted by atomic mass is 9.95. The van der Waals surface area contributed by atoms with Crippen LogP contribution in [0.3, 0.4) is 0 Å². The number of aliphatic hydroxyl groups excluding tert-OH is 1. The molecule has 0 bridgehead atoms. The third-order valence-corrected chi connectivity index (χ3v) is 5.04. The van der Waals surface area contributed by atoms with Crippen LogP contribution in [0, 0.1) is 12.7 Å². The number of rotatable bonds is 8. The van der Waals surface area contributed by atoms with Crippen molar-refractivity contribution in [1.29, 1.82) is 0 Å². The highest BCUT2D eigenvalue weighted by Gasteiger charge is 2.11. The van der Waals surface area contributed by atoms with Gasteiger partial charge in [0.15, 0.2) is 0 Å². The molecule has 1 N–H and O–H groups in total. The van der Waals surface area contributed by atoms with E-state index in [1.54, 1.807) is 12.1 Å². The first-order valence-electron chi connectivity index (χ1n) is 9.90. The lowest BCUT2D eigenvalue weighted by Gasteiger charge is -2.12. The van der Waals surface area contributed by atoms with E-state index < -0.39 is 5.97 Å². The molecule has 0 spiro atoms. The van der Waals surface area contributed by atoms with Crippen molar-refractivity contribution in [2.45, 2.75) is 26.4 Å². The van der Waals surface area contributed by atoms with Gasteiger partial charge in [-0.2, -0.15) is 0 Å². The molecule has 0 aromatic heterocycles. The monoisotopic (exact) mass is 404 g/mol. The van der Waals surface area contributed by atoms with Crippen LogP contribution in [0.15, 0.2) is 73.3 Å². The second kappa shape index (κ2) is 9.99. The molecule has 0 saturated carbocycles. The summed E-state index contributed by atoms with van der Waals surface area (Å²) in [6, 6.07) is 18.8. The molecule has 0 aliphatic rings. The van der Waals surface area contributed by atoms with Gasteiger partial charge in [0.2, 0.25) is 0 Å². The fourth-order valence-electron chi connectivity index (χ4n) is 3.35. The molecule has 30 heavy (non-hydrogen) atoms. The molecule has 0 atom stereocenters. The van der Waals surface area contributed by atoms with Crippen molar-refractivity contribution in [3.63, 3.8) is 0 Å². The molecular weight excluding hydrogens is 379 g/mol. The van der Waals surface area contributed by atoms with Crippen LogP contribution in [0.2, 0.25) is 0 Å². The van der Waals surface area contributed by atoms with Crippen molar-refractivity contribution in [2.75, 3.05) is 6.61 Å². The van der Waals surface area contributed by atoms with E-state index in [4.69, 9.17) is 4.74 Å². The third kappa shape index (κ3) is 5.22. The molecule has 0 aliphatic carbocycles. The Kier molecular flexibility index (Phi) is 7.15. The van der Waals surface area contributed by atoms with Crippen molar-refractivity contribution in [3.8, 4) is 22.3 Å². The summed E-state index contributed by atoms with van der Waals surface area (Å²) < 4.78 is 19.9. The van der Waals surface area contributed by atoms with E-state index in [1.165, 1.54) is 0 Å². The van der Waals surface area contributed by atoms with E-state index in [0.717, 1.165) is 39.5 Å². The second-order valence-electron chi connectivity index (χ2n) is 7.18. The van der Waals surface area contributed by atoms with Crippen molar-refractivity contribution in [1.82, 2.24) is 0 Å². The van der Waals surface area contributed by atoms with E-state index in [2.05, 4.69) is 6.58 Å². The molecule has 0 aliphatic heterocycles. The molecule has 154 valence electrons. The standard InChI is InChI=1S/C26H25FO3/c1-3-26(29)30-14-4-5-20-15-22(10-11-23(20)17-28)24-13-12-21(16-25(24)27)19-8-6-18(2)7-9-19/h3,6-13,15-16,28H,1,4-5,14,17H2,2H3. The van der Waals surface area contributed by atoms with Crippen LogP contribution < -0.4 is 0 Å². The number of hydrogen-bond donors (Lipinski definition) is 1. The van der Waals surface area contributed by atoms with E-state index in [-0.39, 0.29) is 19.0 Å². The Labute approximate surface area is 176 Å². The number of carbonyl (C=O) groups excluding carboxylic acids is 1. The maximum Gasteiger partial charge on any atom is 0.330 e. The minimum Gasteiger partial charge on any atom is -0.463 e. The summed E-state index contributed by atoms with van der Waals surface area (Å²) in [5.74, 6) is -0.752. The van der Waals surface area contributed by atoms with Crippen LogP contribution in [-0.4, -0.2) is 17.7 Å². The van der Waals surface area contributed by atoms with Gasteiger partial charge in [0.25, 0.3) is 0 Å². The Morgan fingerprint density at radius 3 is 2.37 bits per heavy atom. The highest BCUT2D eigenvalue weighted by molar-refractivity contribution is 5.81. The van der Waals surface area contributed by atoms with Gasteiger partial charge in [-0.05, 0) is 53.6 Å². The number of hydrogen-bond acceptors (Lipinski definition) is 3. The maximum atomic E-state index is 14.9. The van der Waals surface area contributed by atoms with Gasteiger partial charge in [-0.15, -0.1) is 0 Å². The van der Waals surface area contributed by atoms with E-state index in [1.807, 2.05) is 55.5 Å². The second-order valence-corrected chi connectivity index (χ2v) is 7.18. The number of ether oxygens (including phenoxy) is 1. The van der Waals surface area contributed by atoms with Gasteiger partial charge in [0.05, 0.1) is 13.2 Å². The largest absolute Gasteiger partial charge is 0.463 e. The van der Waals surface area contributed by atoms with Gasteiger partial charge in [-0.3, -0.25) is 0 Å². The molecule has 0 unspecified atom stereocenters. The summed E-state index contributed by atoms with van der Waals surface area (Å²) in [5, 5.41) is 9.63. The Bertz CT molecular complexity index is 1040. The molecule has 3 nitrogen and oxygen atoms in total. The topological polar surface area (TPSA) is 46.5 Å². The Hall–Kier alpha value is -3.24. The molecule has 0 saturated heterocycles. The average molecular weight is 404 g/mol. The third-order valence-electron chi connectivity index (χ3n) is 5.04.